The number of ether oxygens (including phenoxy) is 1. The zero-order chi connectivity index (χ0) is 21.6. The van der Waals surface area contributed by atoms with E-state index in [0.717, 1.165) is 44.3 Å². The van der Waals surface area contributed by atoms with Gasteiger partial charge in [-0.1, -0.05) is 43.3 Å². The van der Waals surface area contributed by atoms with E-state index in [1.165, 1.54) is 16.7 Å². The molecule has 2 fully saturated rings. The Bertz CT molecular complexity index is 1050. The molecule has 0 heterocycles. The highest BCUT2D eigenvalue weighted by Crippen LogP contribution is 2.61. The van der Waals surface area contributed by atoms with Crippen molar-refractivity contribution in [3.8, 4) is 5.75 Å². The van der Waals surface area contributed by atoms with Crippen molar-refractivity contribution in [1.82, 2.24) is 0 Å². The van der Waals surface area contributed by atoms with Gasteiger partial charge in [0.2, 0.25) is 0 Å². The minimum atomic E-state index is -3.92. The number of benzene rings is 2. The van der Waals surface area contributed by atoms with Gasteiger partial charge in [-0.15, -0.1) is 0 Å². The molecule has 3 aliphatic carbocycles. The van der Waals surface area contributed by atoms with Crippen molar-refractivity contribution >= 4 is 10.3 Å². The topological polar surface area (TPSA) is 78.6 Å². The fraction of sp³-hybridized carbons (Fsp3) is 0.520. The Hall–Kier alpha value is -1.89. The quantitative estimate of drug-likeness (QED) is 0.729. The van der Waals surface area contributed by atoms with Crippen molar-refractivity contribution < 1.29 is 17.3 Å². The average Bonchev–Trinajstić information content (AvgIpc) is 3.07. The molecule has 0 bridgehead atoms. The fourth-order valence-corrected chi connectivity index (χ4v) is 7.30. The molecule has 0 aliphatic heterocycles. The summed E-state index contributed by atoms with van der Waals surface area (Å²) >= 11 is 0. The monoisotopic (exact) mass is 441 g/mol. The molecule has 4 unspecified atom stereocenters. The van der Waals surface area contributed by atoms with Gasteiger partial charge in [0.05, 0.1) is 6.10 Å². The third kappa shape index (κ3) is 4.01. The molecular formula is C25H31NO4S. The first-order valence-corrected chi connectivity index (χ1v) is 12.8. The Kier molecular flexibility index (Phi) is 5.35. The van der Waals surface area contributed by atoms with Crippen molar-refractivity contribution in [3.05, 3.63) is 65.2 Å². The van der Waals surface area contributed by atoms with Crippen LogP contribution in [0.15, 0.2) is 48.5 Å². The summed E-state index contributed by atoms with van der Waals surface area (Å²) in [6, 6.07) is 16.8. The summed E-state index contributed by atoms with van der Waals surface area (Å²) in [6.07, 6.45) is 5.74. The molecule has 3 aliphatic rings. The molecule has 2 N–H and O–H groups in total. The van der Waals surface area contributed by atoms with Crippen LogP contribution >= 0.6 is 0 Å². The number of hydrogen-bond acceptors (Lipinski definition) is 4. The van der Waals surface area contributed by atoms with Gasteiger partial charge in [-0.05, 0) is 90.5 Å². The van der Waals surface area contributed by atoms with Crippen LogP contribution in [0.3, 0.4) is 0 Å². The normalized spacial score (nSPS) is 32.1. The Labute approximate surface area is 185 Å². The molecule has 0 radical (unpaired) electrons. The minimum absolute atomic E-state index is 0.107. The predicted molar refractivity (Wildman–Crippen MR) is 120 cm³/mol. The van der Waals surface area contributed by atoms with Crippen LogP contribution < -0.4 is 9.88 Å². The lowest BCUT2D eigenvalue weighted by Gasteiger charge is -2.50. The summed E-state index contributed by atoms with van der Waals surface area (Å²) in [5.41, 5.74) is 3.93. The van der Waals surface area contributed by atoms with Crippen molar-refractivity contribution in [2.75, 3.05) is 0 Å². The van der Waals surface area contributed by atoms with Gasteiger partial charge in [0.25, 0.3) is 0 Å². The third-order valence-corrected chi connectivity index (χ3v) is 8.61. The predicted octanol–water partition coefficient (Wildman–Crippen LogP) is 4.71. The van der Waals surface area contributed by atoms with E-state index < -0.39 is 10.3 Å². The summed E-state index contributed by atoms with van der Waals surface area (Å²) < 4.78 is 34.5. The molecule has 0 amide bonds. The van der Waals surface area contributed by atoms with Crippen molar-refractivity contribution in [2.45, 2.75) is 64.1 Å². The second kappa shape index (κ2) is 7.91. The summed E-state index contributed by atoms with van der Waals surface area (Å²) in [6.45, 7) is 2.80. The number of hydrogen-bond donors (Lipinski definition) is 1. The van der Waals surface area contributed by atoms with Crippen molar-refractivity contribution in [1.29, 1.82) is 0 Å². The fourth-order valence-electron chi connectivity index (χ4n) is 6.66. The first-order chi connectivity index (χ1) is 14.8. The summed E-state index contributed by atoms with van der Waals surface area (Å²) in [5.74, 6) is 2.54. The number of aryl methyl sites for hydroxylation is 1. The zero-order valence-corrected chi connectivity index (χ0v) is 18.8. The van der Waals surface area contributed by atoms with Crippen LogP contribution in [0, 0.1) is 17.3 Å². The van der Waals surface area contributed by atoms with E-state index in [0.29, 0.717) is 24.4 Å². The Morgan fingerprint density at radius 1 is 1.06 bits per heavy atom. The van der Waals surface area contributed by atoms with E-state index in [9.17, 15) is 8.42 Å². The van der Waals surface area contributed by atoms with Gasteiger partial charge in [0.15, 0.2) is 0 Å². The highest BCUT2D eigenvalue weighted by molar-refractivity contribution is 7.84. The summed E-state index contributed by atoms with van der Waals surface area (Å²) in [4.78, 5) is 0. The summed E-state index contributed by atoms with van der Waals surface area (Å²) in [5, 5.41) is 5.21. The molecule has 0 aromatic heterocycles. The third-order valence-electron chi connectivity index (χ3n) is 8.11. The standard InChI is InChI=1S/C25H31NO4S/c1-25-14-13-21-20-10-8-19(29-16-17-5-3-2-4-6-17)15-18(20)7-9-22(21)23(25)11-12-24(25)30-31(26,27)28/h2-6,8,10,15,21-24H,7,9,11-14,16H2,1H3,(H2,26,27,28)/t21?,22?,23?,24-,25?/m0/s1. The molecule has 31 heavy (non-hydrogen) atoms. The van der Waals surface area contributed by atoms with Crippen molar-refractivity contribution in [2.24, 2.45) is 22.4 Å². The molecule has 2 aromatic rings. The second-order valence-corrected chi connectivity index (χ2v) is 10.9. The Morgan fingerprint density at radius 2 is 1.87 bits per heavy atom. The van der Waals surface area contributed by atoms with Crippen LogP contribution in [0.25, 0.3) is 0 Å². The van der Waals surface area contributed by atoms with Crippen LogP contribution in [-0.4, -0.2) is 14.5 Å². The Balaban J connectivity index is 1.32. The van der Waals surface area contributed by atoms with E-state index in [4.69, 9.17) is 14.1 Å². The highest BCUT2D eigenvalue weighted by atomic mass is 32.2. The number of fused-ring (bicyclic) bond motifs is 5. The molecule has 6 heteroatoms. The van der Waals surface area contributed by atoms with Crippen molar-refractivity contribution in [3.63, 3.8) is 0 Å². The first-order valence-electron chi connectivity index (χ1n) is 11.3. The molecule has 2 saturated carbocycles. The van der Waals surface area contributed by atoms with Crippen LogP contribution in [0.5, 0.6) is 5.75 Å². The van der Waals surface area contributed by atoms with E-state index >= 15 is 0 Å². The highest BCUT2D eigenvalue weighted by Gasteiger charge is 2.56. The first kappa shape index (κ1) is 21.0. The lowest BCUT2D eigenvalue weighted by molar-refractivity contribution is -0.00802. The van der Waals surface area contributed by atoms with Gasteiger partial charge in [-0.25, -0.2) is 5.14 Å². The SMILES string of the molecule is CC12CCC3c4ccc(OCc5ccccc5)cc4CCC3C1CC[C@@H]2OS(N)(=O)=O. The number of rotatable bonds is 5. The molecule has 2 aromatic carbocycles. The molecule has 5 rings (SSSR count). The van der Waals surface area contributed by atoms with Crippen LogP contribution in [0.4, 0.5) is 0 Å². The smallest absolute Gasteiger partial charge is 0.333 e. The van der Waals surface area contributed by atoms with Gasteiger partial charge < -0.3 is 4.74 Å². The van der Waals surface area contributed by atoms with E-state index in [2.05, 4.69) is 37.3 Å². The van der Waals surface area contributed by atoms with Crippen LogP contribution in [0.2, 0.25) is 0 Å². The minimum Gasteiger partial charge on any atom is -0.489 e. The molecule has 0 spiro atoms. The maximum atomic E-state index is 11.6. The van der Waals surface area contributed by atoms with E-state index in [1.54, 1.807) is 0 Å². The lowest BCUT2D eigenvalue weighted by Crippen LogP contribution is -2.45. The van der Waals surface area contributed by atoms with Crippen LogP contribution in [0.1, 0.15) is 61.6 Å². The van der Waals surface area contributed by atoms with Gasteiger partial charge in [0, 0.05) is 0 Å². The van der Waals surface area contributed by atoms with E-state index in [1.807, 2.05) is 18.2 Å². The van der Waals surface area contributed by atoms with Gasteiger partial charge in [-0.2, -0.15) is 8.42 Å². The zero-order valence-electron chi connectivity index (χ0n) is 18.0. The molecular weight excluding hydrogens is 410 g/mol. The Morgan fingerprint density at radius 3 is 2.65 bits per heavy atom. The molecule has 166 valence electrons. The van der Waals surface area contributed by atoms with E-state index in [-0.39, 0.29) is 11.5 Å². The molecule has 5 nitrogen and oxygen atoms in total. The molecule has 5 atom stereocenters. The van der Waals surface area contributed by atoms with Gasteiger partial charge in [-0.3, -0.25) is 4.18 Å². The average molecular weight is 442 g/mol. The second-order valence-electron chi connectivity index (χ2n) is 9.75. The van der Waals surface area contributed by atoms with Gasteiger partial charge in [0.1, 0.15) is 12.4 Å². The molecule has 0 saturated heterocycles. The summed E-state index contributed by atoms with van der Waals surface area (Å²) in [7, 11) is -3.92. The van der Waals surface area contributed by atoms with Gasteiger partial charge >= 0.3 is 10.3 Å². The maximum absolute atomic E-state index is 11.6. The maximum Gasteiger partial charge on any atom is 0.333 e. The number of nitrogens with two attached hydrogens (primary N) is 1. The largest absolute Gasteiger partial charge is 0.489 e. The lowest BCUT2D eigenvalue weighted by atomic mass is 9.55. The van der Waals surface area contributed by atoms with Crippen LogP contribution in [-0.2, 0) is 27.5 Å².